The van der Waals surface area contributed by atoms with Crippen molar-refractivity contribution >= 4 is 36.4 Å². The summed E-state index contributed by atoms with van der Waals surface area (Å²) in [5.74, 6) is 2.10. The molecular weight excluding hydrogens is 470 g/mol. The molecule has 0 N–H and O–H groups in total. The zero-order valence-electron chi connectivity index (χ0n) is 18.1. The summed E-state index contributed by atoms with van der Waals surface area (Å²) in [6.07, 6.45) is 7.07. The predicted octanol–water partition coefficient (Wildman–Crippen LogP) is 4.28. The molecule has 0 fully saturated rings. The van der Waals surface area contributed by atoms with E-state index in [2.05, 4.69) is 15.0 Å². The van der Waals surface area contributed by atoms with Crippen molar-refractivity contribution in [3.8, 4) is 45.8 Å². The zero-order valence-corrected chi connectivity index (χ0v) is 18.9. The number of ether oxygens (including phenoxy) is 4. The summed E-state index contributed by atoms with van der Waals surface area (Å²) in [6.45, 7) is 1.74. The lowest BCUT2D eigenvalue weighted by molar-refractivity contribution is -0.121. The number of hydrogen-bond acceptors (Lipinski definition) is 10. The van der Waals surface area contributed by atoms with Crippen LogP contribution in [0.4, 0.5) is 0 Å². The van der Waals surface area contributed by atoms with Crippen LogP contribution < -0.4 is 18.9 Å². The molecule has 4 aromatic heterocycles. The van der Waals surface area contributed by atoms with Crippen LogP contribution in [0.25, 0.3) is 34.9 Å². The number of thiophene rings is 1. The zero-order chi connectivity index (χ0) is 24.0. The van der Waals surface area contributed by atoms with Gasteiger partial charge < -0.3 is 18.9 Å². The van der Waals surface area contributed by atoms with Crippen LogP contribution in [-0.2, 0) is 9.59 Å². The molecule has 0 unspecified atom stereocenters. The molecule has 174 valence electrons. The van der Waals surface area contributed by atoms with Crippen LogP contribution in [0.5, 0.6) is 23.0 Å². The second-order valence-electron chi connectivity index (χ2n) is 7.18. The summed E-state index contributed by atoms with van der Waals surface area (Å²) in [4.78, 5) is 36.0. The largest absolute Gasteiger partial charge is 0.485 e. The molecule has 0 saturated carbocycles. The maximum absolute atomic E-state index is 11.0. The van der Waals surface area contributed by atoms with Gasteiger partial charge in [0.1, 0.15) is 24.7 Å². The Kier molecular flexibility index (Phi) is 6.44. The molecule has 0 aliphatic carbocycles. The van der Waals surface area contributed by atoms with Gasteiger partial charge in [-0.05, 0) is 29.8 Å². The monoisotopic (exact) mass is 487 g/mol. The number of aromatic nitrogens is 3. The number of fused-ring (bicyclic) bond motifs is 1. The van der Waals surface area contributed by atoms with Gasteiger partial charge in [-0.1, -0.05) is 6.08 Å². The Hall–Kier alpha value is -4.57. The van der Waals surface area contributed by atoms with E-state index in [9.17, 15) is 9.59 Å². The highest BCUT2D eigenvalue weighted by atomic mass is 32.1. The second-order valence-corrected chi connectivity index (χ2v) is 8.09. The van der Waals surface area contributed by atoms with Crippen LogP contribution >= 0.6 is 11.3 Å². The van der Waals surface area contributed by atoms with Crippen LogP contribution in [-0.4, -0.2) is 41.1 Å². The minimum atomic E-state index is 0.272. The van der Waals surface area contributed by atoms with E-state index < -0.39 is 0 Å². The summed E-state index contributed by atoms with van der Waals surface area (Å²) in [5, 5.41) is 1.93. The molecule has 5 rings (SSSR count). The van der Waals surface area contributed by atoms with Crippen molar-refractivity contribution in [1.82, 2.24) is 15.0 Å². The lowest BCUT2D eigenvalue weighted by Gasteiger charge is -2.15. The normalized spacial score (nSPS) is 12.3. The Bertz CT molecular complexity index is 1420. The maximum atomic E-state index is 11.0. The van der Waals surface area contributed by atoms with Crippen molar-refractivity contribution in [2.24, 2.45) is 0 Å². The minimum Gasteiger partial charge on any atom is -0.485 e. The van der Waals surface area contributed by atoms with Crippen LogP contribution in [0.3, 0.4) is 0 Å². The van der Waals surface area contributed by atoms with E-state index in [1.165, 1.54) is 6.20 Å². The standard InChI is InChI=1S/C25H17N3O6S/c29-14-33-17-4-6-27-20(10-17)22-12-18(34-15-30)11-21(28-22)19-9-16(3-5-26-19)1-2-24-25-23(13-35-24)31-7-8-32-25/h1-6,9-15H,7-8H2/b2-1+. The lowest BCUT2D eigenvalue weighted by atomic mass is 10.1. The summed E-state index contributed by atoms with van der Waals surface area (Å²) < 4.78 is 21.3. The summed E-state index contributed by atoms with van der Waals surface area (Å²) >= 11 is 1.54. The summed E-state index contributed by atoms with van der Waals surface area (Å²) in [6, 6.07) is 10.0. The van der Waals surface area contributed by atoms with Crippen molar-refractivity contribution in [3.05, 3.63) is 64.6 Å². The fourth-order valence-corrected chi connectivity index (χ4v) is 4.25. The predicted molar refractivity (Wildman–Crippen MR) is 128 cm³/mol. The van der Waals surface area contributed by atoms with Gasteiger partial charge in [0.05, 0.1) is 27.7 Å². The van der Waals surface area contributed by atoms with E-state index in [1.54, 1.807) is 41.8 Å². The number of carbonyl (C=O) groups is 2. The Morgan fingerprint density at radius 3 is 2.29 bits per heavy atom. The van der Waals surface area contributed by atoms with Gasteiger partial charge in [-0.25, -0.2) is 4.98 Å². The molecule has 0 amide bonds. The molecule has 4 aromatic rings. The third-order valence-corrected chi connectivity index (χ3v) is 5.87. The van der Waals surface area contributed by atoms with Crippen molar-refractivity contribution < 1.29 is 28.5 Å². The van der Waals surface area contributed by atoms with Gasteiger partial charge >= 0.3 is 0 Å². The molecule has 0 saturated heterocycles. The van der Waals surface area contributed by atoms with E-state index in [0.29, 0.717) is 54.7 Å². The maximum Gasteiger partial charge on any atom is 0.298 e. The SMILES string of the molecule is O=COc1ccnc(-c2cc(OC=O)cc(-c3cc(/C=C/c4scc5c4OCCO5)ccn3)n2)c1. The van der Waals surface area contributed by atoms with Gasteiger partial charge in [-0.15, -0.1) is 11.3 Å². The van der Waals surface area contributed by atoms with Crippen LogP contribution in [0, 0.1) is 0 Å². The van der Waals surface area contributed by atoms with Crippen molar-refractivity contribution in [3.63, 3.8) is 0 Å². The number of rotatable bonds is 8. The van der Waals surface area contributed by atoms with Gasteiger partial charge in [-0.3, -0.25) is 19.6 Å². The van der Waals surface area contributed by atoms with Crippen molar-refractivity contribution in [1.29, 1.82) is 0 Å². The number of carbonyl (C=O) groups excluding carboxylic acids is 2. The second kappa shape index (κ2) is 10.1. The van der Waals surface area contributed by atoms with Crippen molar-refractivity contribution in [2.75, 3.05) is 13.2 Å². The average Bonchev–Trinajstić information content (AvgIpc) is 3.31. The lowest BCUT2D eigenvalue weighted by Crippen LogP contribution is -2.14. The third kappa shape index (κ3) is 5.02. The Labute approximate surface area is 203 Å². The van der Waals surface area contributed by atoms with E-state index in [-0.39, 0.29) is 5.75 Å². The summed E-state index contributed by atoms with van der Waals surface area (Å²) in [5.41, 5.74) is 2.78. The first-order valence-electron chi connectivity index (χ1n) is 10.4. The van der Waals surface area contributed by atoms with E-state index in [0.717, 1.165) is 21.9 Å². The Morgan fingerprint density at radius 1 is 0.800 bits per heavy atom. The van der Waals surface area contributed by atoms with Gasteiger partial charge in [0.25, 0.3) is 12.9 Å². The molecule has 1 aliphatic rings. The first-order valence-corrected chi connectivity index (χ1v) is 11.3. The van der Waals surface area contributed by atoms with Crippen LogP contribution in [0.1, 0.15) is 10.4 Å². The smallest absolute Gasteiger partial charge is 0.298 e. The topological polar surface area (TPSA) is 110 Å². The fraction of sp³-hybridized carbons (Fsp3) is 0.0800. The Balaban J connectivity index is 1.48. The number of pyridine rings is 3. The summed E-state index contributed by atoms with van der Waals surface area (Å²) in [7, 11) is 0. The fourth-order valence-electron chi connectivity index (χ4n) is 3.43. The number of hydrogen-bond donors (Lipinski definition) is 0. The highest BCUT2D eigenvalue weighted by Gasteiger charge is 2.17. The first kappa shape index (κ1) is 22.2. The van der Waals surface area contributed by atoms with Gasteiger partial charge in [-0.2, -0.15) is 0 Å². The van der Waals surface area contributed by atoms with E-state index in [4.69, 9.17) is 18.9 Å². The van der Waals surface area contributed by atoms with Gasteiger partial charge in [0.15, 0.2) is 11.5 Å². The van der Waals surface area contributed by atoms with Crippen LogP contribution in [0.15, 0.2) is 54.2 Å². The van der Waals surface area contributed by atoms with E-state index >= 15 is 0 Å². The molecule has 5 heterocycles. The van der Waals surface area contributed by atoms with Crippen LogP contribution in [0.2, 0.25) is 0 Å². The molecule has 0 bridgehead atoms. The third-order valence-electron chi connectivity index (χ3n) is 4.96. The van der Waals surface area contributed by atoms with Gasteiger partial charge in [0, 0.05) is 36.0 Å². The quantitative estimate of drug-likeness (QED) is 0.336. The minimum absolute atomic E-state index is 0.272. The molecule has 1 aliphatic heterocycles. The molecular formula is C25H17N3O6S. The Morgan fingerprint density at radius 2 is 1.49 bits per heavy atom. The highest BCUT2D eigenvalue weighted by Crippen LogP contribution is 2.40. The molecule has 0 atom stereocenters. The molecule has 0 aromatic carbocycles. The highest BCUT2D eigenvalue weighted by molar-refractivity contribution is 7.11. The molecule has 9 nitrogen and oxygen atoms in total. The van der Waals surface area contributed by atoms with Crippen molar-refractivity contribution in [2.45, 2.75) is 0 Å². The molecule has 35 heavy (non-hydrogen) atoms. The first-order chi connectivity index (χ1) is 17.2. The molecule has 0 spiro atoms. The van der Waals surface area contributed by atoms with Gasteiger partial charge in [0.2, 0.25) is 0 Å². The molecule has 10 heteroatoms. The van der Waals surface area contributed by atoms with E-state index in [1.807, 2.05) is 29.7 Å². The molecule has 0 radical (unpaired) electrons. The average molecular weight is 487 g/mol. The number of nitrogens with zero attached hydrogens (tertiary/aromatic N) is 3.